The van der Waals surface area contributed by atoms with Crippen molar-refractivity contribution in [1.29, 1.82) is 0 Å². The summed E-state index contributed by atoms with van der Waals surface area (Å²) >= 11 is 0. The molecule has 50 heavy (non-hydrogen) atoms. The first-order valence-electron chi connectivity index (χ1n) is 19.2. The summed E-state index contributed by atoms with van der Waals surface area (Å²) in [4.78, 5) is 42.8. The van der Waals surface area contributed by atoms with Crippen molar-refractivity contribution >= 4 is 19.8 Å². The van der Waals surface area contributed by atoms with Gasteiger partial charge in [0, 0.05) is 12.8 Å². The van der Waals surface area contributed by atoms with Crippen molar-refractivity contribution < 1.29 is 37.9 Å². The van der Waals surface area contributed by atoms with E-state index in [2.05, 4.69) is 91.3 Å². The minimum Gasteiger partial charge on any atom is -0.462 e. The molecule has 1 unspecified atom stereocenters. The number of ether oxygens (including phenoxy) is 2. The Labute approximate surface area is 304 Å². The number of esters is 2. The smallest absolute Gasteiger partial charge is 0.462 e. The molecule has 0 heterocycles. The molecule has 0 aliphatic heterocycles. The average Bonchev–Trinajstić information content (AvgIpc) is 3.08. The molecule has 0 bridgehead atoms. The maximum atomic E-state index is 12.4. The molecule has 0 spiro atoms. The highest BCUT2D eigenvalue weighted by atomic mass is 31.2. The molecule has 286 valence electrons. The van der Waals surface area contributed by atoms with E-state index >= 15 is 0 Å². The zero-order chi connectivity index (χ0) is 36.8. The molecular weight excluding hydrogens is 651 g/mol. The third-order valence-electron chi connectivity index (χ3n) is 7.72. The van der Waals surface area contributed by atoms with Crippen LogP contribution in [0.15, 0.2) is 72.9 Å². The Bertz CT molecular complexity index is 1040. The fraction of sp³-hybridized carbons (Fsp3) is 0.659. The lowest BCUT2D eigenvalue weighted by Gasteiger charge is -2.18. The van der Waals surface area contributed by atoms with Crippen molar-refractivity contribution in [2.75, 3.05) is 13.2 Å². The van der Waals surface area contributed by atoms with Gasteiger partial charge in [0.05, 0.1) is 6.61 Å². The second-order valence-corrected chi connectivity index (χ2v) is 13.7. The van der Waals surface area contributed by atoms with Gasteiger partial charge in [0.2, 0.25) is 0 Å². The fourth-order valence-electron chi connectivity index (χ4n) is 4.93. The first-order chi connectivity index (χ1) is 24.3. The normalized spacial score (nSPS) is 13.3. The predicted octanol–water partition coefficient (Wildman–Crippen LogP) is 11.5. The third-order valence-corrected chi connectivity index (χ3v) is 8.21. The van der Waals surface area contributed by atoms with E-state index in [4.69, 9.17) is 19.3 Å². The minimum absolute atomic E-state index is 0.193. The van der Waals surface area contributed by atoms with E-state index in [1.54, 1.807) is 0 Å². The van der Waals surface area contributed by atoms with E-state index in [1.165, 1.54) is 19.3 Å². The van der Waals surface area contributed by atoms with Crippen LogP contribution < -0.4 is 0 Å². The topological polar surface area (TPSA) is 119 Å². The Morgan fingerprint density at radius 1 is 0.520 bits per heavy atom. The lowest BCUT2D eigenvalue weighted by atomic mass is 10.1. The van der Waals surface area contributed by atoms with Crippen molar-refractivity contribution in [3.8, 4) is 0 Å². The van der Waals surface area contributed by atoms with Gasteiger partial charge >= 0.3 is 19.8 Å². The van der Waals surface area contributed by atoms with Crippen LogP contribution in [0.3, 0.4) is 0 Å². The van der Waals surface area contributed by atoms with E-state index < -0.39 is 32.5 Å². The molecule has 1 atom stereocenters. The molecule has 0 saturated heterocycles. The van der Waals surface area contributed by atoms with Crippen molar-refractivity contribution in [2.45, 2.75) is 161 Å². The Morgan fingerprint density at radius 3 is 1.34 bits per heavy atom. The minimum atomic E-state index is -4.76. The number of rotatable bonds is 34. The second kappa shape index (κ2) is 36.3. The first-order valence-corrected chi connectivity index (χ1v) is 20.8. The Morgan fingerprint density at radius 2 is 0.900 bits per heavy atom. The Hall–Kier alpha value is -2.51. The van der Waals surface area contributed by atoms with Crippen LogP contribution in [0.5, 0.6) is 0 Å². The van der Waals surface area contributed by atoms with Crippen LogP contribution in [-0.2, 0) is 28.2 Å². The van der Waals surface area contributed by atoms with E-state index in [1.807, 2.05) is 0 Å². The fourth-order valence-corrected chi connectivity index (χ4v) is 5.29. The summed E-state index contributed by atoms with van der Waals surface area (Å²) in [7, 11) is -4.76. The molecule has 8 nitrogen and oxygen atoms in total. The van der Waals surface area contributed by atoms with Crippen molar-refractivity contribution in [3.05, 3.63) is 72.9 Å². The van der Waals surface area contributed by atoms with Crippen LogP contribution in [0.1, 0.15) is 155 Å². The van der Waals surface area contributed by atoms with Crippen molar-refractivity contribution in [3.63, 3.8) is 0 Å². The van der Waals surface area contributed by atoms with Gasteiger partial charge in [-0.25, -0.2) is 4.57 Å². The van der Waals surface area contributed by atoms with Crippen LogP contribution in [0.2, 0.25) is 0 Å². The molecule has 0 aliphatic carbocycles. The molecule has 0 radical (unpaired) electrons. The van der Waals surface area contributed by atoms with Crippen LogP contribution in [0.4, 0.5) is 0 Å². The summed E-state index contributed by atoms with van der Waals surface area (Å²) in [5.74, 6) is -0.923. The molecule has 0 rings (SSSR count). The predicted molar refractivity (Wildman–Crippen MR) is 207 cm³/mol. The van der Waals surface area contributed by atoms with Gasteiger partial charge in [0.25, 0.3) is 0 Å². The summed E-state index contributed by atoms with van der Waals surface area (Å²) < 4.78 is 26.3. The lowest BCUT2D eigenvalue weighted by Crippen LogP contribution is -2.29. The van der Waals surface area contributed by atoms with Crippen molar-refractivity contribution in [1.82, 2.24) is 0 Å². The highest BCUT2D eigenvalue weighted by molar-refractivity contribution is 7.46. The highest BCUT2D eigenvalue weighted by Gasteiger charge is 2.22. The highest BCUT2D eigenvalue weighted by Crippen LogP contribution is 2.36. The van der Waals surface area contributed by atoms with Gasteiger partial charge in [-0.1, -0.05) is 138 Å². The number of carbonyl (C=O) groups is 2. The Balaban J connectivity index is 4.01. The van der Waals surface area contributed by atoms with Crippen LogP contribution in [-0.4, -0.2) is 41.0 Å². The number of hydrogen-bond acceptors (Lipinski definition) is 6. The summed E-state index contributed by atoms with van der Waals surface area (Å²) in [6.07, 6.45) is 46.2. The lowest BCUT2D eigenvalue weighted by molar-refractivity contribution is -0.161. The largest absolute Gasteiger partial charge is 0.469 e. The maximum Gasteiger partial charge on any atom is 0.469 e. The van der Waals surface area contributed by atoms with Gasteiger partial charge in [0.15, 0.2) is 6.10 Å². The maximum absolute atomic E-state index is 12.4. The van der Waals surface area contributed by atoms with Crippen molar-refractivity contribution in [2.24, 2.45) is 0 Å². The average molecular weight is 721 g/mol. The molecular formula is C41H69O8P. The number of allylic oxidation sites excluding steroid dienone is 12. The molecule has 0 aromatic rings. The van der Waals surface area contributed by atoms with Crippen LogP contribution in [0.25, 0.3) is 0 Å². The zero-order valence-electron chi connectivity index (χ0n) is 31.3. The number of phosphoric ester groups is 1. The van der Waals surface area contributed by atoms with Crippen LogP contribution >= 0.6 is 7.82 Å². The molecule has 0 aromatic heterocycles. The van der Waals surface area contributed by atoms with Gasteiger partial charge in [-0.3, -0.25) is 14.1 Å². The SMILES string of the molecule is CC/C=C\C/C=C\C/C=C\CCCCCCCCCC(=O)OC(COC(=O)CCCCCCC/C=C\C/C=C\C/C=C\CC)COP(=O)(O)O. The summed E-state index contributed by atoms with van der Waals surface area (Å²) in [6.45, 7) is 3.42. The summed E-state index contributed by atoms with van der Waals surface area (Å²) in [6, 6.07) is 0. The van der Waals surface area contributed by atoms with Gasteiger partial charge in [-0.2, -0.15) is 0 Å². The number of carbonyl (C=O) groups excluding carboxylic acids is 2. The third kappa shape index (κ3) is 38.3. The van der Waals surface area contributed by atoms with Crippen LogP contribution in [0, 0.1) is 0 Å². The molecule has 0 amide bonds. The molecule has 0 saturated carbocycles. The van der Waals surface area contributed by atoms with E-state index in [0.717, 1.165) is 96.3 Å². The first kappa shape index (κ1) is 47.5. The molecule has 0 aromatic carbocycles. The van der Waals surface area contributed by atoms with E-state index in [-0.39, 0.29) is 19.4 Å². The quantitative estimate of drug-likeness (QED) is 0.0292. The number of phosphoric acid groups is 1. The molecule has 0 fully saturated rings. The summed E-state index contributed by atoms with van der Waals surface area (Å²) in [5, 5.41) is 0. The second-order valence-electron chi connectivity index (χ2n) is 12.5. The standard InChI is InChI=1S/C41H69O8P/c1-3-5-7-9-11-13-15-17-19-20-22-24-26-28-30-32-34-36-41(43)49-39(38-48-50(44,45)46)37-47-40(42)35-33-31-29-27-25-23-21-18-16-14-12-10-8-6-4-2/h5-8,11-14,17-19,21,39H,3-4,9-10,15-16,20,22-38H2,1-2H3,(H2,44,45,46)/b7-5-,8-6-,13-11-,14-12-,19-17-,21-18-. The Kier molecular flexibility index (Phi) is 34.5. The van der Waals surface area contributed by atoms with E-state index in [0.29, 0.717) is 12.8 Å². The number of hydrogen-bond donors (Lipinski definition) is 2. The molecule has 0 aliphatic rings. The van der Waals surface area contributed by atoms with E-state index in [9.17, 15) is 14.2 Å². The zero-order valence-corrected chi connectivity index (χ0v) is 32.2. The van der Waals surface area contributed by atoms with Gasteiger partial charge in [-0.15, -0.1) is 0 Å². The number of unbranched alkanes of at least 4 members (excludes halogenated alkanes) is 12. The van der Waals surface area contributed by atoms with Gasteiger partial charge < -0.3 is 19.3 Å². The monoisotopic (exact) mass is 720 g/mol. The molecule has 2 N–H and O–H groups in total. The molecule has 9 heteroatoms. The summed E-state index contributed by atoms with van der Waals surface area (Å²) in [5.41, 5.74) is 0. The van der Waals surface area contributed by atoms with Gasteiger partial charge in [-0.05, 0) is 77.0 Å². The van der Waals surface area contributed by atoms with Gasteiger partial charge in [0.1, 0.15) is 6.61 Å².